The lowest BCUT2D eigenvalue weighted by Crippen LogP contribution is -2.36. The van der Waals surface area contributed by atoms with Gasteiger partial charge in [-0.05, 0) is 92.3 Å². The highest BCUT2D eigenvalue weighted by atomic mass is 16.6. The molecule has 10 nitrogen and oxygen atoms in total. The smallest absolute Gasteiger partial charge is 0.293 e. The van der Waals surface area contributed by atoms with Gasteiger partial charge >= 0.3 is 0 Å². The number of nitro benzene ring substituents is 1. The van der Waals surface area contributed by atoms with Crippen LogP contribution >= 0.6 is 0 Å². The maximum absolute atomic E-state index is 14.3. The van der Waals surface area contributed by atoms with Gasteiger partial charge in [0, 0.05) is 30.6 Å². The topological polar surface area (TPSA) is 107 Å². The molecule has 1 saturated carbocycles. The maximum Gasteiger partial charge on any atom is 0.293 e. The number of anilines is 1. The molecule has 0 spiro atoms. The normalized spacial score (nSPS) is 20.5. The van der Waals surface area contributed by atoms with Crippen molar-refractivity contribution < 1.29 is 23.9 Å². The summed E-state index contributed by atoms with van der Waals surface area (Å²) < 4.78 is 16.7. The fourth-order valence-electron chi connectivity index (χ4n) is 6.46. The van der Waals surface area contributed by atoms with Gasteiger partial charge in [-0.2, -0.15) is 5.10 Å². The van der Waals surface area contributed by atoms with Crippen molar-refractivity contribution in [3.63, 3.8) is 0 Å². The number of rotatable bonds is 9. The van der Waals surface area contributed by atoms with E-state index in [4.69, 9.17) is 19.3 Å². The van der Waals surface area contributed by atoms with Crippen molar-refractivity contribution in [2.75, 3.05) is 44.4 Å². The molecule has 45 heavy (non-hydrogen) atoms. The standard InChI is InChI=1S/C35H38N4O6/c1-3-44-28-13-8-24(9-14-28)22-26-6-5-7-30-33(26)36-38(34(30)25-10-15-29(16-11-25)45-4-2)35(40)27-12-17-31(32(23-27)39(41)42)37-18-20-43-21-19-37/h8-17,22-23,30,34H,3-7,18-21H2,1-2H3/b26-22+/t30-,34+/m1/s1. The number of allylic oxidation sites excluding steroid dienone is 1. The zero-order chi connectivity index (χ0) is 31.3. The molecule has 2 atom stereocenters. The van der Waals surface area contributed by atoms with Gasteiger partial charge in [-0.3, -0.25) is 14.9 Å². The molecule has 2 fully saturated rings. The molecule has 3 aromatic rings. The van der Waals surface area contributed by atoms with Crippen molar-refractivity contribution in [2.24, 2.45) is 11.0 Å². The Bertz CT molecular complexity index is 1600. The van der Waals surface area contributed by atoms with Crippen LogP contribution in [0.2, 0.25) is 0 Å². The third kappa shape index (κ3) is 6.42. The van der Waals surface area contributed by atoms with Gasteiger partial charge in [0.15, 0.2) is 0 Å². The fraction of sp³-hybridized carbons (Fsp3) is 0.371. The summed E-state index contributed by atoms with van der Waals surface area (Å²) in [5.41, 5.74) is 4.59. The van der Waals surface area contributed by atoms with Gasteiger partial charge in [-0.1, -0.05) is 24.3 Å². The first kappa shape index (κ1) is 30.3. The molecule has 2 heterocycles. The number of fused-ring (bicyclic) bond motifs is 1. The molecule has 0 aromatic heterocycles. The summed E-state index contributed by atoms with van der Waals surface area (Å²) in [5.74, 6) is 1.19. The van der Waals surface area contributed by atoms with Crippen molar-refractivity contribution in [1.29, 1.82) is 0 Å². The van der Waals surface area contributed by atoms with Crippen LogP contribution < -0.4 is 14.4 Å². The molecule has 3 aromatic carbocycles. The van der Waals surface area contributed by atoms with E-state index in [9.17, 15) is 14.9 Å². The number of nitro groups is 1. The minimum atomic E-state index is -0.418. The molecule has 0 radical (unpaired) electrons. The summed E-state index contributed by atoms with van der Waals surface area (Å²) in [4.78, 5) is 28.0. The minimum Gasteiger partial charge on any atom is -0.494 e. The van der Waals surface area contributed by atoms with E-state index in [1.165, 1.54) is 6.07 Å². The number of morpholine rings is 1. The minimum absolute atomic E-state index is 0.0165. The average molecular weight is 611 g/mol. The summed E-state index contributed by atoms with van der Waals surface area (Å²) in [6.45, 7) is 7.17. The Morgan fingerprint density at radius 1 is 1.00 bits per heavy atom. The van der Waals surface area contributed by atoms with Gasteiger partial charge in [-0.15, -0.1) is 0 Å². The second kappa shape index (κ2) is 13.5. The van der Waals surface area contributed by atoms with Crippen LogP contribution in [-0.4, -0.2) is 61.1 Å². The van der Waals surface area contributed by atoms with Crippen LogP contribution in [-0.2, 0) is 4.74 Å². The van der Waals surface area contributed by atoms with Crippen LogP contribution in [0.15, 0.2) is 77.4 Å². The molecular weight excluding hydrogens is 572 g/mol. The van der Waals surface area contributed by atoms with Crippen molar-refractivity contribution >= 4 is 29.1 Å². The highest BCUT2D eigenvalue weighted by Gasteiger charge is 2.44. The van der Waals surface area contributed by atoms with E-state index in [0.29, 0.717) is 45.2 Å². The average Bonchev–Trinajstić information content (AvgIpc) is 3.47. The number of hydrogen-bond acceptors (Lipinski definition) is 8. The number of amides is 1. The van der Waals surface area contributed by atoms with Crippen LogP contribution in [0, 0.1) is 16.0 Å². The summed E-state index contributed by atoms with van der Waals surface area (Å²) in [5, 5.41) is 18.7. The molecule has 0 N–H and O–H groups in total. The molecule has 1 aliphatic carbocycles. The first-order valence-corrected chi connectivity index (χ1v) is 15.7. The SMILES string of the molecule is CCOc1ccc(/C=C2\CCC[C@@H]3C2=NN(C(=O)c2ccc(N4CCOCC4)c([N+](=O)[O-])c2)[C@H]3c2ccc(OCC)cc2)cc1. The largest absolute Gasteiger partial charge is 0.494 e. The Morgan fingerprint density at radius 3 is 2.31 bits per heavy atom. The van der Waals surface area contributed by atoms with E-state index in [0.717, 1.165) is 53.2 Å². The lowest BCUT2D eigenvalue weighted by Gasteiger charge is -2.30. The quantitative estimate of drug-likeness (QED) is 0.197. The first-order valence-electron chi connectivity index (χ1n) is 15.7. The molecule has 3 aliphatic rings. The molecule has 2 aliphatic heterocycles. The summed E-state index contributed by atoms with van der Waals surface area (Å²) in [7, 11) is 0. The highest BCUT2D eigenvalue weighted by molar-refractivity contribution is 6.09. The highest BCUT2D eigenvalue weighted by Crippen LogP contribution is 2.45. The Morgan fingerprint density at radius 2 is 1.67 bits per heavy atom. The third-order valence-electron chi connectivity index (χ3n) is 8.55. The number of carbonyl (C=O) groups is 1. The lowest BCUT2D eigenvalue weighted by molar-refractivity contribution is -0.384. The Kier molecular flexibility index (Phi) is 9.11. The molecule has 6 rings (SSSR count). The molecule has 1 amide bonds. The van der Waals surface area contributed by atoms with E-state index in [1.807, 2.05) is 67.3 Å². The monoisotopic (exact) mass is 610 g/mol. The van der Waals surface area contributed by atoms with E-state index < -0.39 is 4.92 Å². The number of nitrogens with zero attached hydrogens (tertiary/aromatic N) is 4. The third-order valence-corrected chi connectivity index (χ3v) is 8.55. The molecule has 0 unspecified atom stereocenters. The van der Waals surface area contributed by atoms with E-state index in [2.05, 4.69) is 6.08 Å². The van der Waals surface area contributed by atoms with E-state index in [1.54, 1.807) is 17.1 Å². The summed E-state index contributed by atoms with van der Waals surface area (Å²) in [6, 6.07) is 20.2. The Hall–Kier alpha value is -4.70. The number of benzene rings is 3. The fourth-order valence-corrected chi connectivity index (χ4v) is 6.46. The van der Waals surface area contributed by atoms with Gasteiger partial charge in [0.25, 0.3) is 11.6 Å². The molecule has 0 bridgehead atoms. The van der Waals surface area contributed by atoms with Crippen LogP contribution in [0.1, 0.15) is 60.6 Å². The van der Waals surface area contributed by atoms with Crippen molar-refractivity contribution in [1.82, 2.24) is 5.01 Å². The molecule has 234 valence electrons. The van der Waals surface area contributed by atoms with Crippen molar-refractivity contribution in [3.05, 3.63) is 99.1 Å². The van der Waals surface area contributed by atoms with Crippen LogP contribution in [0.25, 0.3) is 6.08 Å². The van der Waals surface area contributed by atoms with Crippen molar-refractivity contribution in [2.45, 2.75) is 39.2 Å². The molecular formula is C35H38N4O6. The van der Waals surface area contributed by atoms with Gasteiger partial charge in [0.1, 0.15) is 17.2 Å². The van der Waals surface area contributed by atoms with E-state index in [-0.39, 0.29) is 29.1 Å². The zero-order valence-corrected chi connectivity index (χ0v) is 25.7. The van der Waals surface area contributed by atoms with Crippen LogP contribution in [0.5, 0.6) is 11.5 Å². The maximum atomic E-state index is 14.3. The second-order valence-electron chi connectivity index (χ2n) is 11.3. The van der Waals surface area contributed by atoms with Crippen LogP contribution in [0.3, 0.4) is 0 Å². The van der Waals surface area contributed by atoms with Gasteiger partial charge in [0.2, 0.25) is 0 Å². The zero-order valence-electron chi connectivity index (χ0n) is 25.7. The molecule has 1 saturated heterocycles. The number of carbonyl (C=O) groups excluding carboxylic acids is 1. The summed E-state index contributed by atoms with van der Waals surface area (Å²) >= 11 is 0. The Labute approximate surface area is 263 Å². The number of hydrogen-bond donors (Lipinski definition) is 0. The van der Waals surface area contributed by atoms with Crippen molar-refractivity contribution in [3.8, 4) is 11.5 Å². The lowest BCUT2D eigenvalue weighted by atomic mass is 9.77. The first-order chi connectivity index (χ1) is 22.0. The number of ether oxygens (including phenoxy) is 3. The Balaban J connectivity index is 1.38. The van der Waals surface area contributed by atoms with Gasteiger partial charge in [0.05, 0.1) is 43.1 Å². The predicted octanol–water partition coefficient (Wildman–Crippen LogP) is 6.67. The summed E-state index contributed by atoms with van der Waals surface area (Å²) in [6.07, 6.45) is 4.82. The molecule has 10 heteroatoms. The van der Waals surface area contributed by atoms with Gasteiger partial charge in [-0.25, -0.2) is 5.01 Å². The van der Waals surface area contributed by atoms with Crippen LogP contribution in [0.4, 0.5) is 11.4 Å². The van der Waals surface area contributed by atoms with Gasteiger partial charge < -0.3 is 19.1 Å². The number of hydrazone groups is 1. The van der Waals surface area contributed by atoms with E-state index >= 15 is 0 Å². The predicted molar refractivity (Wildman–Crippen MR) is 173 cm³/mol. The second-order valence-corrected chi connectivity index (χ2v) is 11.3.